The Balaban J connectivity index is 2.53. The van der Waals surface area contributed by atoms with Crippen molar-refractivity contribution in [3.63, 3.8) is 0 Å². The molecule has 7 nitrogen and oxygen atoms in total. The van der Waals surface area contributed by atoms with Crippen LogP contribution in [0.4, 0.5) is 17.1 Å². The highest BCUT2D eigenvalue weighted by Crippen LogP contribution is 2.24. The molecule has 0 bridgehead atoms. The van der Waals surface area contributed by atoms with Crippen molar-refractivity contribution in [1.82, 2.24) is 0 Å². The summed E-state index contributed by atoms with van der Waals surface area (Å²) in [5.74, 6) is 0. The van der Waals surface area contributed by atoms with E-state index in [9.17, 15) is 10.1 Å². The van der Waals surface area contributed by atoms with Gasteiger partial charge in [0.05, 0.1) is 18.1 Å². The second kappa shape index (κ2) is 9.11. The van der Waals surface area contributed by atoms with Gasteiger partial charge in [-0.2, -0.15) is 0 Å². The second-order valence-corrected chi connectivity index (χ2v) is 4.17. The largest absolute Gasteiger partial charge is 0.394 e. The molecule has 3 N–H and O–H groups in total. The monoisotopic (exact) mass is 283 g/mol. The van der Waals surface area contributed by atoms with Gasteiger partial charge in [0.2, 0.25) is 0 Å². The zero-order valence-electron chi connectivity index (χ0n) is 11.6. The van der Waals surface area contributed by atoms with Crippen LogP contribution in [-0.4, -0.2) is 42.9 Å². The molecule has 0 saturated carbocycles. The SMILES string of the molecule is CCNc1cc(NCCCOCCO)cc([N+](=O)[O-])c1. The lowest BCUT2D eigenvalue weighted by Crippen LogP contribution is -2.08. The van der Waals surface area contributed by atoms with Gasteiger partial charge in [0.25, 0.3) is 5.69 Å². The molecule has 0 heterocycles. The molecule has 0 unspecified atom stereocenters. The molecule has 112 valence electrons. The number of nitrogens with one attached hydrogen (secondary N) is 2. The van der Waals surface area contributed by atoms with Crippen LogP contribution in [0.3, 0.4) is 0 Å². The van der Waals surface area contributed by atoms with Crippen LogP contribution in [0.1, 0.15) is 13.3 Å². The maximum atomic E-state index is 10.9. The van der Waals surface area contributed by atoms with Crippen LogP contribution in [0.15, 0.2) is 18.2 Å². The minimum Gasteiger partial charge on any atom is -0.394 e. The summed E-state index contributed by atoms with van der Waals surface area (Å²) in [5.41, 5.74) is 1.49. The van der Waals surface area contributed by atoms with E-state index in [4.69, 9.17) is 9.84 Å². The molecule has 20 heavy (non-hydrogen) atoms. The van der Waals surface area contributed by atoms with E-state index in [0.29, 0.717) is 32.0 Å². The predicted molar refractivity (Wildman–Crippen MR) is 78.3 cm³/mol. The second-order valence-electron chi connectivity index (χ2n) is 4.17. The van der Waals surface area contributed by atoms with E-state index in [1.165, 1.54) is 12.1 Å². The molecule has 0 aromatic heterocycles. The highest BCUT2D eigenvalue weighted by molar-refractivity contribution is 5.63. The summed E-state index contributed by atoms with van der Waals surface area (Å²) in [6.45, 7) is 4.19. The number of nitro groups is 1. The highest BCUT2D eigenvalue weighted by Gasteiger charge is 2.09. The lowest BCUT2D eigenvalue weighted by Gasteiger charge is -2.09. The molecule has 0 aliphatic rings. The molecule has 0 radical (unpaired) electrons. The third kappa shape index (κ3) is 5.85. The molecular weight excluding hydrogens is 262 g/mol. The molecule has 0 amide bonds. The van der Waals surface area contributed by atoms with Crippen molar-refractivity contribution in [2.24, 2.45) is 0 Å². The minimum atomic E-state index is -0.406. The van der Waals surface area contributed by atoms with E-state index < -0.39 is 4.92 Å². The van der Waals surface area contributed by atoms with E-state index in [-0.39, 0.29) is 12.3 Å². The molecule has 0 saturated heterocycles. The first-order chi connectivity index (χ1) is 9.67. The Hall–Kier alpha value is -1.86. The molecule has 0 aliphatic heterocycles. The first kappa shape index (κ1) is 16.2. The van der Waals surface area contributed by atoms with Crippen molar-refractivity contribution in [2.45, 2.75) is 13.3 Å². The number of benzene rings is 1. The van der Waals surface area contributed by atoms with Crippen molar-refractivity contribution in [2.75, 3.05) is 43.5 Å². The third-order valence-electron chi connectivity index (χ3n) is 2.54. The van der Waals surface area contributed by atoms with Gasteiger partial charge >= 0.3 is 0 Å². The number of hydrogen-bond donors (Lipinski definition) is 3. The first-order valence-electron chi connectivity index (χ1n) is 6.63. The Morgan fingerprint density at radius 3 is 2.55 bits per heavy atom. The van der Waals surface area contributed by atoms with Crippen LogP contribution < -0.4 is 10.6 Å². The zero-order valence-corrected chi connectivity index (χ0v) is 11.6. The van der Waals surface area contributed by atoms with Crippen LogP contribution in [0, 0.1) is 10.1 Å². The number of aliphatic hydroxyl groups is 1. The maximum absolute atomic E-state index is 10.9. The van der Waals surface area contributed by atoms with E-state index in [1.54, 1.807) is 0 Å². The van der Waals surface area contributed by atoms with Gasteiger partial charge in [0.1, 0.15) is 0 Å². The average molecular weight is 283 g/mol. The summed E-state index contributed by atoms with van der Waals surface area (Å²) >= 11 is 0. The van der Waals surface area contributed by atoms with E-state index in [0.717, 1.165) is 12.1 Å². The van der Waals surface area contributed by atoms with Gasteiger partial charge in [-0.15, -0.1) is 0 Å². The Labute approximate surface area is 118 Å². The lowest BCUT2D eigenvalue weighted by molar-refractivity contribution is -0.384. The molecule has 0 aliphatic carbocycles. The van der Waals surface area contributed by atoms with Crippen LogP contribution in [0.25, 0.3) is 0 Å². The molecule has 1 aromatic rings. The number of anilines is 2. The van der Waals surface area contributed by atoms with Gasteiger partial charge in [-0.25, -0.2) is 0 Å². The Morgan fingerprint density at radius 2 is 1.95 bits per heavy atom. The van der Waals surface area contributed by atoms with E-state index in [2.05, 4.69) is 10.6 Å². The van der Waals surface area contributed by atoms with Crippen molar-refractivity contribution in [3.05, 3.63) is 28.3 Å². The van der Waals surface area contributed by atoms with E-state index >= 15 is 0 Å². The molecule has 7 heteroatoms. The molecule has 0 atom stereocenters. The van der Waals surface area contributed by atoms with Gasteiger partial charge in [0.15, 0.2) is 0 Å². The van der Waals surface area contributed by atoms with Crippen LogP contribution >= 0.6 is 0 Å². The third-order valence-corrected chi connectivity index (χ3v) is 2.54. The Bertz CT molecular complexity index is 426. The van der Waals surface area contributed by atoms with Gasteiger partial charge in [-0.05, 0) is 19.4 Å². The molecule has 0 fully saturated rings. The molecule has 0 spiro atoms. The van der Waals surface area contributed by atoms with Crippen LogP contribution in [0.5, 0.6) is 0 Å². The van der Waals surface area contributed by atoms with Crippen molar-refractivity contribution >= 4 is 17.1 Å². The molecular formula is C13H21N3O4. The lowest BCUT2D eigenvalue weighted by atomic mass is 10.2. The molecule has 1 rings (SSSR count). The number of rotatable bonds is 10. The van der Waals surface area contributed by atoms with Crippen molar-refractivity contribution < 1.29 is 14.8 Å². The molecule has 1 aromatic carbocycles. The summed E-state index contributed by atoms with van der Waals surface area (Å²) in [7, 11) is 0. The fourth-order valence-electron chi connectivity index (χ4n) is 1.70. The van der Waals surface area contributed by atoms with Gasteiger partial charge in [0, 0.05) is 43.2 Å². The number of ether oxygens (including phenoxy) is 1. The number of nitrogens with zero attached hydrogens (tertiary/aromatic N) is 1. The van der Waals surface area contributed by atoms with Crippen LogP contribution in [-0.2, 0) is 4.74 Å². The Kier molecular flexibility index (Phi) is 7.38. The summed E-state index contributed by atoms with van der Waals surface area (Å²) in [5, 5.41) is 25.6. The zero-order chi connectivity index (χ0) is 14.8. The first-order valence-corrected chi connectivity index (χ1v) is 6.63. The summed E-state index contributed by atoms with van der Waals surface area (Å²) < 4.78 is 5.13. The summed E-state index contributed by atoms with van der Waals surface area (Å²) in [6.07, 6.45) is 0.763. The van der Waals surface area contributed by atoms with Crippen LogP contribution in [0.2, 0.25) is 0 Å². The number of hydrogen-bond acceptors (Lipinski definition) is 6. The Morgan fingerprint density at radius 1 is 1.25 bits per heavy atom. The van der Waals surface area contributed by atoms with Crippen molar-refractivity contribution in [1.29, 1.82) is 0 Å². The average Bonchev–Trinajstić information content (AvgIpc) is 2.43. The summed E-state index contributed by atoms with van der Waals surface area (Å²) in [6, 6.07) is 4.86. The minimum absolute atomic E-state index is 0.0182. The fraction of sp³-hybridized carbons (Fsp3) is 0.538. The van der Waals surface area contributed by atoms with Crippen molar-refractivity contribution in [3.8, 4) is 0 Å². The highest BCUT2D eigenvalue weighted by atomic mass is 16.6. The van der Waals surface area contributed by atoms with Gasteiger partial charge < -0.3 is 20.5 Å². The standard InChI is InChI=1S/C13H21N3O4/c1-2-14-11-8-12(10-13(9-11)16(18)19)15-4-3-6-20-7-5-17/h8-10,14-15,17H,2-7H2,1H3. The fourth-order valence-corrected chi connectivity index (χ4v) is 1.70. The topological polar surface area (TPSA) is 96.7 Å². The number of non-ortho nitro benzene ring substituents is 1. The smallest absolute Gasteiger partial charge is 0.273 e. The number of nitro benzene ring substituents is 1. The maximum Gasteiger partial charge on any atom is 0.273 e. The normalized spacial score (nSPS) is 10.3. The van der Waals surface area contributed by atoms with Gasteiger partial charge in [-0.3, -0.25) is 10.1 Å². The quantitative estimate of drug-likeness (QED) is 0.344. The number of aliphatic hydroxyl groups excluding tert-OH is 1. The van der Waals surface area contributed by atoms with Gasteiger partial charge in [-0.1, -0.05) is 0 Å². The summed E-state index contributed by atoms with van der Waals surface area (Å²) in [4.78, 5) is 10.5. The van der Waals surface area contributed by atoms with E-state index in [1.807, 2.05) is 13.0 Å². The predicted octanol–water partition coefficient (Wildman–Crippen LogP) is 1.84.